The number of ether oxygens (including phenoxy) is 5. The van der Waals surface area contributed by atoms with Gasteiger partial charge in [-0.3, -0.25) is 0 Å². The topological polar surface area (TPSA) is 46.2 Å². The van der Waals surface area contributed by atoms with E-state index in [0.29, 0.717) is 24.0 Å². The Balaban J connectivity index is 1.70. The van der Waals surface area contributed by atoms with Gasteiger partial charge < -0.3 is 23.7 Å². The second kappa shape index (κ2) is 8.12. The highest BCUT2D eigenvalue weighted by Crippen LogP contribution is 2.34. The van der Waals surface area contributed by atoms with Crippen LogP contribution in [0.3, 0.4) is 0 Å². The molecule has 0 bridgehead atoms. The molecular formula is C20H24O5. The summed E-state index contributed by atoms with van der Waals surface area (Å²) in [4.78, 5) is 0. The first-order valence-electron chi connectivity index (χ1n) is 8.32. The summed E-state index contributed by atoms with van der Waals surface area (Å²) in [5.74, 6) is 3.58. The van der Waals surface area contributed by atoms with Crippen LogP contribution in [0, 0.1) is 5.92 Å². The van der Waals surface area contributed by atoms with Crippen molar-refractivity contribution in [1.82, 2.24) is 0 Å². The zero-order valence-corrected chi connectivity index (χ0v) is 14.9. The van der Waals surface area contributed by atoms with Crippen LogP contribution in [0.2, 0.25) is 0 Å². The zero-order valence-electron chi connectivity index (χ0n) is 14.9. The van der Waals surface area contributed by atoms with Gasteiger partial charge in [-0.05, 0) is 42.2 Å². The summed E-state index contributed by atoms with van der Waals surface area (Å²) in [7, 11) is 4.90. The first-order chi connectivity index (χ1) is 12.2. The van der Waals surface area contributed by atoms with Gasteiger partial charge in [-0.25, -0.2) is 0 Å². The maximum absolute atomic E-state index is 5.93. The highest BCUT2D eigenvalue weighted by molar-refractivity contribution is 5.44. The predicted octanol–water partition coefficient (Wildman–Crippen LogP) is 3.48. The van der Waals surface area contributed by atoms with Crippen molar-refractivity contribution in [2.45, 2.75) is 12.8 Å². The average Bonchev–Trinajstić information content (AvgIpc) is 2.66. The molecule has 3 rings (SSSR count). The maximum Gasteiger partial charge on any atom is 0.188 e. The van der Waals surface area contributed by atoms with Crippen LogP contribution in [0.1, 0.15) is 11.1 Å². The van der Waals surface area contributed by atoms with E-state index < -0.39 is 0 Å². The fourth-order valence-electron chi connectivity index (χ4n) is 3.09. The van der Waals surface area contributed by atoms with E-state index >= 15 is 0 Å². The zero-order chi connectivity index (χ0) is 17.6. The van der Waals surface area contributed by atoms with E-state index in [9.17, 15) is 0 Å². The number of hydrogen-bond acceptors (Lipinski definition) is 5. The Kier molecular flexibility index (Phi) is 5.66. The average molecular weight is 344 g/mol. The molecule has 0 unspecified atom stereocenters. The maximum atomic E-state index is 5.93. The van der Waals surface area contributed by atoms with Crippen molar-refractivity contribution in [1.29, 1.82) is 0 Å². The van der Waals surface area contributed by atoms with Crippen molar-refractivity contribution >= 4 is 0 Å². The smallest absolute Gasteiger partial charge is 0.188 e. The Hall–Kier alpha value is -2.40. The number of methoxy groups -OCH3 is 3. The summed E-state index contributed by atoms with van der Waals surface area (Å²) < 4.78 is 27.1. The quantitative estimate of drug-likeness (QED) is 0.720. The molecule has 2 aromatic rings. The molecule has 0 saturated heterocycles. The van der Waals surface area contributed by atoms with Crippen LogP contribution in [0.5, 0.6) is 23.0 Å². The van der Waals surface area contributed by atoms with Crippen molar-refractivity contribution in [3.63, 3.8) is 0 Å². The summed E-state index contributed by atoms with van der Waals surface area (Å²) in [5.41, 5.74) is 2.42. The number of hydrogen-bond donors (Lipinski definition) is 0. The van der Waals surface area contributed by atoms with Gasteiger partial charge in [0.25, 0.3) is 0 Å². The molecule has 1 atom stereocenters. The number of fused-ring (bicyclic) bond motifs is 1. The predicted molar refractivity (Wildman–Crippen MR) is 94.9 cm³/mol. The molecule has 2 aromatic carbocycles. The Morgan fingerprint density at radius 1 is 1.00 bits per heavy atom. The van der Waals surface area contributed by atoms with E-state index in [0.717, 1.165) is 24.3 Å². The van der Waals surface area contributed by atoms with Gasteiger partial charge in [0, 0.05) is 19.1 Å². The van der Waals surface area contributed by atoms with Gasteiger partial charge in [-0.1, -0.05) is 12.1 Å². The van der Waals surface area contributed by atoms with Crippen molar-refractivity contribution in [3.8, 4) is 23.0 Å². The van der Waals surface area contributed by atoms with Crippen molar-refractivity contribution in [2.24, 2.45) is 5.92 Å². The van der Waals surface area contributed by atoms with E-state index in [4.69, 9.17) is 23.7 Å². The molecule has 1 aliphatic heterocycles. The van der Waals surface area contributed by atoms with Crippen LogP contribution in [0.25, 0.3) is 0 Å². The summed E-state index contributed by atoms with van der Waals surface area (Å²) in [6, 6.07) is 12.0. The van der Waals surface area contributed by atoms with Crippen LogP contribution >= 0.6 is 0 Å². The van der Waals surface area contributed by atoms with Gasteiger partial charge in [0.05, 0.1) is 20.8 Å². The third kappa shape index (κ3) is 4.17. The molecule has 0 amide bonds. The molecule has 0 fully saturated rings. The van der Waals surface area contributed by atoms with Crippen molar-refractivity contribution < 1.29 is 23.7 Å². The monoisotopic (exact) mass is 344 g/mol. The first-order valence-corrected chi connectivity index (χ1v) is 8.32. The second-order valence-corrected chi connectivity index (χ2v) is 6.10. The van der Waals surface area contributed by atoms with E-state index in [1.54, 1.807) is 21.3 Å². The molecule has 5 heteroatoms. The van der Waals surface area contributed by atoms with Gasteiger partial charge >= 0.3 is 0 Å². The van der Waals surface area contributed by atoms with Gasteiger partial charge in [0.2, 0.25) is 0 Å². The Labute approximate surface area is 148 Å². The minimum atomic E-state index is 0.196. The molecule has 25 heavy (non-hydrogen) atoms. The van der Waals surface area contributed by atoms with Gasteiger partial charge in [0.15, 0.2) is 18.3 Å². The molecule has 0 saturated carbocycles. The summed E-state index contributed by atoms with van der Waals surface area (Å²) in [6.45, 7) is 0.891. The van der Waals surface area contributed by atoms with E-state index in [1.165, 1.54) is 11.1 Å². The molecule has 0 aromatic heterocycles. The largest absolute Gasteiger partial charge is 0.497 e. The first kappa shape index (κ1) is 17.4. The fraction of sp³-hybridized carbons (Fsp3) is 0.400. The molecule has 1 heterocycles. The molecule has 134 valence electrons. The highest BCUT2D eigenvalue weighted by atomic mass is 16.7. The lowest BCUT2D eigenvalue weighted by Gasteiger charge is -2.26. The molecule has 0 radical (unpaired) electrons. The summed E-state index contributed by atoms with van der Waals surface area (Å²) >= 11 is 0. The van der Waals surface area contributed by atoms with E-state index in [-0.39, 0.29) is 6.79 Å². The van der Waals surface area contributed by atoms with Crippen molar-refractivity contribution in [2.75, 3.05) is 34.7 Å². The highest BCUT2D eigenvalue weighted by Gasteiger charge is 2.21. The molecular weight excluding hydrogens is 320 g/mol. The van der Waals surface area contributed by atoms with Crippen LogP contribution < -0.4 is 18.9 Å². The third-order valence-corrected chi connectivity index (χ3v) is 4.34. The Morgan fingerprint density at radius 3 is 2.64 bits per heavy atom. The van der Waals surface area contributed by atoms with Crippen molar-refractivity contribution in [3.05, 3.63) is 47.5 Å². The summed E-state index contributed by atoms with van der Waals surface area (Å²) in [5, 5.41) is 0. The minimum Gasteiger partial charge on any atom is -0.497 e. The lowest BCUT2D eigenvalue weighted by atomic mass is 9.91. The van der Waals surface area contributed by atoms with E-state index in [2.05, 4.69) is 12.1 Å². The normalized spacial score (nSPS) is 15.9. The standard InChI is InChI=1S/C20H24O5/c1-21-13-25-20-10-14(4-7-18(20)23-3)8-15-9-16-5-6-17(22-2)11-19(16)24-12-15/h4-7,10-11,15H,8-9,12-13H2,1-3H3/t15-/m1/s1. The minimum absolute atomic E-state index is 0.196. The van der Waals surface area contributed by atoms with Crippen LogP contribution in [-0.2, 0) is 17.6 Å². The second-order valence-electron chi connectivity index (χ2n) is 6.10. The molecule has 0 spiro atoms. The van der Waals surface area contributed by atoms with Gasteiger partial charge in [-0.2, -0.15) is 0 Å². The lowest BCUT2D eigenvalue weighted by molar-refractivity contribution is 0.0491. The molecule has 0 N–H and O–H groups in total. The molecule has 1 aliphatic rings. The Morgan fingerprint density at radius 2 is 1.88 bits per heavy atom. The van der Waals surface area contributed by atoms with Gasteiger partial charge in [-0.15, -0.1) is 0 Å². The third-order valence-electron chi connectivity index (χ3n) is 4.34. The molecule has 0 aliphatic carbocycles. The Bertz CT molecular complexity index is 713. The number of rotatable bonds is 7. The fourth-order valence-corrected chi connectivity index (χ4v) is 3.09. The number of benzene rings is 2. The van der Waals surface area contributed by atoms with E-state index in [1.807, 2.05) is 24.3 Å². The summed E-state index contributed by atoms with van der Waals surface area (Å²) in [6.07, 6.45) is 1.90. The van der Waals surface area contributed by atoms with Crippen LogP contribution in [0.15, 0.2) is 36.4 Å². The lowest BCUT2D eigenvalue weighted by Crippen LogP contribution is -2.22. The van der Waals surface area contributed by atoms with Gasteiger partial charge in [0.1, 0.15) is 11.5 Å². The molecule has 5 nitrogen and oxygen atoms in total. The SMILES string of the molecule is COCOc1cc(C[C@H]2COc3cc(OC)ccc3C2)ccc1OC. The van der Waals surface area contributed by atoms with Crippen LogP contribution in [0.4, 0.5) is 0 Å². The van der Waals surface area contributed by atoms with Crippen LogP contribution in [-0.4, -0.2) is 34.7 Å².